The molecule has 8 heteroatoms. The molecule has 1 fully saturated rings. The van der Waals surface area contributed by atoms with Gasteiger partial charge in [0.15, 0.2) is 0 Å². The Bertz CT molecular complexity index is 902. The Morgan fingerprint density at radius 2 is 1.54 bits per heavy atom. The van der Waals surface area contributed by atoms with Gasteiger partial charge in [0.1, 0.15) is 19.3 Å². The largest absolute Gasteiger partial charge is 0.350 e. The summed E-state index contributed by atoms with van der Waals surface area (Å²) in [6.45, 7) is 2.33. The van der Waals surface area contributed by atoms with Gasteiger partial charge in [-0.25, -0.2) is 0 Å². The van der Waals surface area contributed by atoms with Gasteiger partial charge in [0.05, 0.1) is 24.2 Å². The number of hydrogen-bond donors (Lipinski definition) is 1. The van der Waals surface area contributed by atoms with Crippen molar-refractivity contribution < 1.29 is 24.3 Å². The van der Waals surface area contributed by atoms with Gasteiger partial charge in [-0.3, -0.25) is 24.2 Å². The number of amides is 3. The third kappa shape index (κ3) is 3.17. The highest BCUT2D eigenvalue weighted by Crippen LogP contribution is 2.22. The van der Waals surface area contributed by atoms with Gasteiger partial charge in [-0.2, -0.15) is 0 Å². The normalized spacial score (nSPS) is 16.5. The Morgan fingerprint density at radius 3 is 2.14 bits per heavy atom. The van der Waals surface area contributed by atoms with Crippen LogP contribution in [0.4, 0.5) is 5.82 Å². The SMILES string of the molecule is O=C(CCN1C(=O)c2ccccc2C1=O)N1CCN(c2cccc[n+]2O)CC1. The molecule has 1 N–H and O–H groups in total. The van der Waals surface area contributed by atoms with Crippen LogP contribution in [0.2, 0.25) is 0 Å². The number of aromatic nitrogens is 1. The maximum absolute atomic E-state index is 12.6. The van der Waals surface area contributed by atoms with E-state index in [9.17, 15) is 19.6 Å². The molecule has 1 aromatic carbocycles. The van der Waals surface area contributed by atoms with Gasteiger partial charge in [-0.15, -0.1) is 0 Å². The van der Waals surface area contributed by atoms with Gasteiger partial charge in [0, 0.05) is 19.0 Å². The summed E-state index contributed by atoms with van der Waals surface area (Å²) >= 11 is 0. The summed E-state index contributed by atoms with van der Waals surface area (Å²) in [5.41, 5.74) is 0.794. The smallest absolute Gasteiger partial charge is 0.316 e. The van der Waals surface area contributed by atoms with Gasteiger partial charge in [0.25, 0.3) is 11.8 Å². The van der Waals surface area contributed by atoms with Crippen LogP contribution in [-0.4, -0.2) is 65.5 Å². The minimum Gasteiger partial charge on any atom is -0.350 e. The molecule has 0 aliphatic carbocycles. The van der Waals surface area contributed by atoms with Crippen molar-refractivity contribution in [1.82, 2.24) is 9.80 Å². The van der Waals surface area contributed by atoms with E-state index in [0.717, 1.165) is 9.63 Å². The molecule has 1 aromatic heterocycles. The van der Waals surface area contributed by atoms with Crippen LogP contribution >= 0.6 is 0 Å². The highest BCUT2D eigenvalue weighted by atomic mass is 16.5. The summed E-state index contributed by atoms with van der Waals surface area (Å²) < 4.78 is 1.07. The maximum atomic E-state index is 12.6. The van der Waals surface area contributed by atoms with E-state index in [4.69, 9.17) is 0 Å². The third-order valence-electron chi connectivity index (χ3n) is 5.20. The Balaban J connectivity index is 1.32. The first-order valence-electron chi connectivity index (χ1n) is 9.24. The molecule has 144 valence electrons. The number of hydrogen-bond acceptors (Lipinski definition) is 5. The molecule has 1 saturated heterocycles. The lowest BCUT2D eigenvalue weighted by Crippen LogP contribution is -2.52. The number of pyridine rings is 1. The van der Waals surface area contributed by atoms with E-state index in [0.29, 0.717) is 43.1 Å². The maximum Gasteiger partial charge on any atom is 0.316 e. The Labute approximate surface area is 162 Å². The highest BCUT2D eigenvalue weighted by Gasteiger charge is 2.35. The number of imide groups is 1. The monoisotopic (exact) mass is 381 g/mol. The minimum absolute atomic E-state index is 0.0823. The quantitative estimate of drug-likeness (QED) is 0.475. The zero-order chi connectivity index (χ0) is 19.7. The van der Waals surface area contributed by atoms with Gasteiger partial charge >= 0.3 is 5.82 Å². The fourth-order valence-corrected chi connectivity index (χ4v) is 3.67. The zero-order valence-electron chi connectivity index (χ0n) is 15.3. The standard InChI is InChI=1S/C20H21N4O4/c25-18(8-10-23-19(26)15-5-1-2-6-16(15)20(23)27)22-13-11-21(12-14-22)17-7-3-4-9-24(17)28/h1-7,9,28H,8,10-14H2/q+1. The Hall–Kier alpha value is -3.42. The van der Waals surface area contributed by atoms with Crippen LogP contribution in [0.15, 0.2) is 48.7 Å². The predicted molar refractivity (Wildman–Crippen MR) is 99.0 cm³/mol. The minimum atomic E-state index is -0.338. The van der Waals surface area contributed by atoms with Crippen LogP contribution in [0.25, 0.3) is 0 Å². The molecule has 2 aliphatic rings. The number of piperazine rings is 1. The van der Waals surface area contributed by atoms with Crippen molar-refractivity contribution in [2.45, 2.75) is 6.42 Å². The van der Waals surface area contributed by atoms with Crippen molar-refractivity contribution in [1.29, 1.82) is 0 Å². The van der Waals surface area contributed by atoms with Crippen molar-refractivity contribution in [3.05, 3.63) is 59.8 Å². The molecule has 2 aliphatic heterocycles. The fourth-order valence-electron chi connectivity index (χ4n) is 3.67. The first-order chi connectivity index (χ1) is 13.6. The molecule has 3 amide bonds. The van der Waals surface area contributed by atoms with Crippen LogP contribution in [0.3, 0.4) is 0 Å². The molecular formula is C20H21N4O4+. The second-order valence-electron chi connectivity index (χ2n) is 6.83. The van der Waals surface area contributed by atoms with Crippen molar-refractivity contribution in [2.75, 3.05) is 37.6 Å². The second kappa shape index (κ2) is 7.30. The molecule has 0 bridgehead atoms. The first kappa shape index (κ1) is 18.0. The molecule has 2 aromatic rings. The van der Waals surface area contributed by atoms with E-state index in [1.54, 1.807) is 41.4 Å². The van der Waals surface area contributed by atoms with E-state index < -0.39 is 0 Å². The summed E-state index contributed by atoms with van der Waals surface area (Å²) in [6, 6.07) is 12.1. The zero-order valence-corrected chi connectivity index (χ0v) is 15.3. The number of carbonyl (C=O) groups is 3. The molecule has 0 saturated carbocycles. The number of benzene rings is 1. The molecule has 0 spiro atoms. The number of fused-ring (bicyclic) bond motifs is 1. The number of nitrogens with zero attached hydrogens (tertiary/aromatic N) is 4. The van der Waals surface area contributed by atoms with Crippen molar-refractivity contribution in [3.8, 4) is 0 Å². The lowest BCUT2D eigenvalue weighted by molar-refractivity contribution is -0.894. The number of carbonyl (C=O) groups excluding carboxylic acids is 3. The summed E-state index contributed by atoms with van der Waals surface area (Å²) in [5.74, 6) is -0.0774. The molecule has 4 rings (SSSR count). The lowest BCUT2D eigenvalue weighted by Gasteiger charge is -2.31. The summed E-state index contributed by atoms with van der Waals surface area (Å²) in [6.07, 6.45) is 1.67. The molecule has 28 heavy (non-hydrogen) atoms. The first-order valence-corrected chi connectivity index (χ1v) is 9.24. The van der Waals surface area contributed by atoms with E-state index in [-0.39, 0.29) is 30.7 Å². The van der Waals surface area contributed by atoms with Crippen molar-refractivity contribution >= 4 is 23.5 Å². The lowest BCUT2D eigenvalue weighted by atomic mass is 10.1. The van der Waals surface area contributed by atoms with Gasteiger partial charge in [-0.1, -0.05) is 22.9 Å². The van der Waals surface area contributed by atoms with Crippen molar-refractivity contribution in [2.24, 2.45) is 0 Å². The highest BCUT2D eigenvalue weighted by molar-refractivity contribution is 6.21. The van der Waals surface area contributed by atoms with Gasteiger partial charge < -0.3 is 10.1 Å². The van der Waals surface area contributed by atoms with Crippen LogP contribution in [-0.2, 0) is 4.79 Å². The van der Waals surface area contributed by atoms with E-state index in [1.165, 1.54) is 0 Å². The molecule has 0 radical (unpaired) electrons. The van der Waals surface area contributed by atoms with Gasteiger partial charge in [0.2, 0.25) is 5.91 Å². The van der Waals surface area contributed by atoms with Crippen LogP contribution in [0, 0.1) is 0 Å². The molecular weight excluding hydrogens is 360 g/mol. The van der Waals surface area contributed by atoms with Crippen LogP contribution < -0.4 is 9.63 Å². The fraction of sp³-hybridized carbons (Fsp3) is 0.300. The molecule has 0 unspecified atom stereocenters. The van der Waals surface area contributed by atoms with E-state index in [2.05, 4.69) is 0 Å². The van der Waals surface area contributed by atoms with Crippen LogP contribution in [0.1, 0.15) is 27.1 Å². The van der Waals surface area contributed by atoms with Crippen LogP contribution in [0.5, 0.6) is 0 Å². The second-order valence-corrected chi connectivity index (χ2v) is 6.83. The predicted octanol–water partition coefficient (Wildman–Crippen LogP) is 0.546. The van der Waals surface area contributed by atoms with E-state index >= 15 is 0 Å². The number of rotatable bonds is 4. The number of anilines is 1. The molecule has 8 nitrogen and oxygen atoms in total. The topological polar surface area (TPSA) is 85.0 Å². The van der Waals surface area contributed by atoms with Gasteiger partial charge in [-0.05, 0) is 18.2 Å². The molecule has 3 heterocycles. The Kier molecular flexibility index (Phi) is 4.68. The van der Waals surface area contributed by atoms with E-state index in [1.807, 2.05) is 17.0 Å². The summed E-state index contributed by atoms with van der Waals surface area (Å²) in [7, 11) is 0. The molecule has 0 atom stereocenters. The third-order valence-corrected chi connectivity index (χ3v) is 5.20. The van der Waals surface area contributed by atoms with Crippen molar-refractivity contribution in [3.63, 3.8) is 0 Å². The summed E-state index contributed by atoms with van der Waals surface area (Å²) in [5, 5.41) is 9.89. The average Bonchev–Trinajstić information content (AvgIpc) is 2.97. The summed E-state index contributed by atoms with van der Waals surface area (Å²) in [4.78, 5) is 42.2. The average molecular weight is 381 g/mol. The Morgan fingerprint density at radius 1 is 0.929 bits per heavy atom.